The molecule has 0 saturated heterocycles. The Labute approximate surface area is 354 Å². The molecular formula is C42H27ClF8N6O2S2. The monoisotopic (exact) mass is 898 g/mol. The maximum Gasteiger partial charge on any atom is 0.262 e. The third-order valence-electron chi connectivity index (χ3n) is 8.47. The average molecular weight is 899 g/mol. The molecule has 61 heavy (non-hydrogen) atoms. The number of nitrogens with one attached hydrogen (secondary N) is 1. The van der Waals surface area contributed by atoms with Crippen LogP contribution in [0.2, 0.25) is 0 Å². The van der Waals surface area contributed by atoms with Gasteiger partial charge in [0, 0.05) is 49.5 Å². The molecule has 4 aromatic heterocycles. The first-order chi connectivity index (χ1) is 29.0. The van der Waals surface area contributed by atoms with Crippen LogP contribution in [-0.2, 0) is 14.1 Å². The number of carbonyl (C=O) groups is 2. The Hall–Kier alpha value is -6.63. The maximum atomic E-state index is 14.0. The van der Waals surface area contributed by atoms with Gasteiger partial charge in [0.15, 0.2) is 0 Å². The Morgan fingerprint density at radius 1 is 0.574 bits per heavy atom. The summed E-state index contributed by atoms with van der Waals surface area (Å²) in [6.07, 6.45) is 0. The third-order valence-corrected chi connectivity index (χ3v) is 10.6. The Kier molecular flexibility index (Phi) is 13.5. The summed E-state index contributed by atoms with van der Waals surface area (Å²) >= 11 is 7.46. The van der Waals surface area contributed by atoms with E-state index in [-0.39, 0.29) is 5.82 Å². The van der Waals surface area contributed by atoms with E-state index >= 15 is 0 Å². The SMILES string of the molecule is Cn1nc(-c2ccccc2F)cc1-c1ccc(N)s1.Cn1nc(-c2ccccc2F)cc1-c1ccc(NC(=O)c2c(F)cc(F)cc2F)s1.O=C(Cl)c1c(F)cc(F)cc1F. The molecular weight excluding hydrogens is 872 g/mol. The molecule has 0 unspecified atom stereocenters. The van der Waals surface area contributed by atoms with Gasteiger partial charge in [-0.15, -0.1) is 22.7 Å². The van der Waals surface area contributed by atoms with Gasteiger partial charge in [0.05, 0.1) is 42.5 Å². The van der Waals surface area contributed by atoms with Gasteiger partial charge in [0.1, 0.15) is 57.7 Å². The fraction of sp³-hybridized carbons (Fsp3) is 0.0476. The highest BCUT2D eigenvalue weighted by Gasteiger charge is 2.21. The number of halogens is 9. The Balaban J connectivity index is 0.000000171. The predicted molar refractivity (Wildman–Crippen MR) is 219 cm³/mol. The molecule has 3 N–H and O–H groups in total. The summed E-state index contributed by atoms with van der Waals surface area (Å²) < 4.78 is 109. The summed E-state index contributed by atoms with van der Waals surface area (Å²) in [5.74, 6) is -9.07. The molecule has 1 amide bonds. The van der Waals surface area contributed by atoms with Crippen LogP contribution in [0.5, 0.6) is 0 Å². The number of nitrogens with zero attached hydrogens (tertiary/aromatic N) is 4. The number of aryl methyl sites for hydroxylation is 2. The van der Waals surface area contributed by atoms with E-state index < -0.39 is 63.0 Å². The molecule has 0 atom stereocenters. The second-order valence-electron chi connectivity index (χ2n) is 12.6. The molecule has 0 saturated carbocycles. The van der Waals surface area contributed by atoms with E-state index in [9.17, 15) is 44.7 Å². The van der Waals surface area contributed by atoms with Crippen molar-refractivity contribution in [2.24, 2.45) is 14.1 Å². The van der Waals surface area contributed by atoms with Crippen LogP contribution in [-0.4, -0.2) is 30.7 Å². The van der Waals surface area contributed by atoms with E-state index in [0.717, 1.165) is 26.9 Å². The molecule has 0 bridgehead atoms. The van der Waals surface area contributed by atoms with Crippen molar-refractivity contribution >= 4 is 55.4 Å². The number of hydrogen-bond donors (Lipinski definition) is 2. The number of nitrogens with two attached hydrogens (primary N) is 1. The second-order valence-corrected chi connectivity index (χ2v) is 15.2. The minimum Gasteiger partial charge on any atom is -0.391 e. The molecule has 4 aromatic carbocycles. The third kappa shape index (κ3) is 10.2. The zero-order valence-corrected chi connectivity index (χ0v) is 33.7. The summed E-state index contributed by atoms with van der Waals surface area (Å²) in [5, 5.41) is 10.9. The van der Waals surface area contributed by atoms with Crippen LogP contribution >= 0.6 is 34.3 Å². The summed E-state index contributed by atoms with van der Waals surface area (Å²) in [7, 11) is 3.54. The van der Waals surface area contributed by atoms with Gasteiger partial charge in [-0.25, -0.2) is 35.1 Å². The van der Waals surface area contributed by atoms with Gasteiger partial charge < -0.3 is 11.1 Å². The highest BCUT2D eigenvalue weighted by molar-refractivity contribution is 7.19. The van der Waals surface area contributed by atoms with E-state index in [2.05, 4.69) is 15.5 Å². The first kappa shape index (κ1) is 43.9. The highest BCUT2D eigenvalue weighted by Crippen LogP contribution is 2.35. The molecule has 4 heterocycles. The van der Waals surface area contributed by atoms with E-state index in [1.807, 2.05) is 25.2 Å². The summed E-state index contributed by atoms with van der Waals surface area (Å²) in [6, 6.07) is 25.2. The zero-order valence-electron chi connectivity index (χ0n) is 31.3. The maximum absolute atomic E-state index is 14.0. The summed E-state index contributed by atoms with van der Waals surface area (Å²) in [6.45, 7) is 0. The zero-order chi connectivity index (χ0) is 44.1. The number of rotatable bonds is 7. The fourth-order valence-corrected chi connectivity index (χ4v) is 7.64. The van der Waals surface area contributed by atoms with Gasteiger partial charge in [0.2, 0.25) is 0 Å². The first-order valence-corrected chi connectivity index (χ1v) is 19.4. The van der Waals surface area contributed by atoms with Gasteiger partial charge in [-0.05, 0) is 72.3 Å². The van der Waals surface area contributed by atoms with Gasteiger partial charge in [-0.3, -0.25) is 19.0 Å². The Morgan fingerprint density at radius 3 is 1.43 bits per heavy atom. The van der Waals surface area contributed by atoms with Crippen molar-refractivity contribution in [3.8, 4) is 43.7 Å². The smallest absolute Gasteiger partial charge is 0.262 e. The number of nitrogen functional groups attached to an aromatic ring is 1. The molecule has 0 spiro atoms. The van der Waals surface area contributed by atoms with Crippen molar-refractivity contribution in [1.29, 1.82) is 0 Å². The van der Waals surface area contributed by atoms with E-state index in [1.165, 1.54) is 23.5 Å². The Morgan fingerprint density at radius 2 is 1.00 bits per heavy atom. The minimum atomic E-state index is -1.30. The molecule has 0 aliphatic rings. The number of amides is 1. The van der Waals surface area contributed by atoms with Crippen LogP contribution in [0, 0.1) is 46.5 Å². The number of hydrogen-bond acceptors (Lipinski definition) is 7. The van der Waals surface area contributed by atoms with Crippen LogP contribution in [0.4, 0.5) is 45.1 Å². The van der Waals surface area contributed by atoms with Crippen molar-refractivity contribution in [3.63, 3.8) is 0 Å². The molecule has 312 valence electrons. The molecule has 8 aromatic rings. The molecule has 19 heteroatoms. The lowest BCUT2D eigenvalue weighted by Crippen LogP contribution is -2.15. The molecule has 0 fully saturated rings. The standard InChI is InChI=1S/C21H13F4N3OS.C14H12FN3S.C7H2ClF3O/c1-28-17(10-16(27-28)12-4-2-3-5-13(12)23)18-6-7-19(30-18)26-21(29)20-14(24)8-11(22)9-15(20)25;1-18-12(13-6-7-14(16)19-13)8-11(17-18)9-4-2-3-5-10(9)15;8-7(12)6-4(10)1-3(9)2-5(6)11/h2-10H,1H3,(H,26,29);2-8H,16H2,1H3;1-2H. The number of thiophene rings is 2. The number of benzene rings is 4. The van der Waals surface area contributed by atoms with Crippen molar-refractivity contribution in [1.82, 2.24) is 19.6 Å². The van der Waals surface area contributed by atoms with Crippen LogP contribution in [0.15, 0.2) is 109 Å². The van der Waals surface area contributed by atoms with Gasteiger partial charge in [-0.1, -0.05) is 24.3 Å². The first-order valence-electron chi connectivity index (χ1n) is 17.3. The van der Waals surface area contributed by atoms with Crippen molar-refractivity contribution in [2.45, 2.75) is 0 Å². The van der Waals surface area contributed by atoms with Crippen molar-refractivity contribution in [2.75, 3.05) is 11.1 Å². The van der Waals surface area contributed by atoms with Crippen LogP contribution in [0.25, 0.3) is 43.7 Å². The van der Waals surface area contributed by atoms with Gasteiger partial charge in [-0.2, -0.15) is 10.2 Å². The van der Waals surface area contributed by atoms with Crippen LogP contribution < -0.4 is 11.1 Å². The number of anilines is 2. The van der Waals surface area contributed by atoms with E-state index in [1.54, 1.807) is 71.0 Å². The van der Waals surface area contributed by atoms with Crippen molar-refractivity contribution in [3.05, 3.63) is 167 Å². The molecule has 8 rings (SSSR count). The van der Waals surface area contributed by atoms with E-state index in [4.69, 9.17) is 17.3 Å². The quantitative estimate of drug-likeness (QED) is 0.122. The normalized spacial score (nSPS) is 10.7. The lowest BCUT2D eigenvalue weighted by atomic mass is 10.1. The molecule has 0 aliphatic carbocycles. The summed E-state index contributed by atoms with van der Waals surface area (Å²) in [5.41, 5.74) is 7.47. The average Bonchev–Trinajstić information content (AvgIpc) is 3.99. The highest BCUT2D eigenvalue weighted by atomic mass is 35.5. The molecule has 0 radical (unpaired) electrons. The van der Waals surface area contributed by atoms with Crippen molar-refractivity contribution < 1.29 is 44.7 Å². The van der Waals surface area contributed by atoms with Crippen LogP contribution in [0.3, 0.4) is 0 Å². The number of carbonyl (C=O) groups excluding carboxylic acids is 2. The topological polar surface area (TPSA) is 108 Å². The lowest BCUT2D eigenvalue weighted by molar-refractivity contribution is 0.101. The van der Waals surface area contributed by atoms with Crippen LogP contribution in [0.1, 0.15) is 20.7 Å². The predicted octanol–water partition coefficient (Wildman–Crippen LogP) is 11.6. The number of aromatic nitrogens is 4. The Bertz CT molecular complexity index is 2860. The second kappa shape index (κ2) is 18.7. The molecule has 8 nitrogen and oxygen atoms in total. The lowest BCUT2D eigenvalue weighted by Gasteiger charge is -2.05. The van der Waals surface area contributed by atoms with Gasteiger partial charge >= 0.3 is 0 Å². The largest absolute Gasteiger partial charge is 0.391 e. The molecule has 0 aliphatic heterocycles. The fourth-order valence-electron chi connectivity index (χ4n) is 5.69. The van der Waals surface area contributed by atoms with E-state index in [0.29, 0.717) is 62.4 Å². The minimum absolute atomic E-state index is 0.266. The van der Waals surface area contributed by atoms with Gasteiger partial charge in [0.25, 0.3) is 11.1 Å². The summed E-state index contributed by atoms with van der Waals surface area (Å²) in [4.78, 5) is 24.3.